The molecule has 0 spiro atoms. The number of likely N-dealkylation sites (tertiary alicyclic amines) is 1. The van der Waals surface area contributed by atoms with E-state index in [1.165, 1.54) is 0 Å². The second-order valence-electron chi connectivity index (χ2n) is 5.32. The summed E-state index contributed by atoms with van der Waals surface area (Å²) in [7, 11) is 0. The van der Waals surface area contributed by atoms with E-state index >= 15 is 0 Å². The minimum absolute atomic E-state index is 0.0294. The van der Waals surface area contributed by atoms with Gasteiger partial charge >= 0.3 is 5.97 Å². The molecule has 1 aromatic rings. The Balaban J connectivity index is 2.28. The molecule has 1 unspecified atom stereocenters. The first-order valence-electron chi connectivity index (χ1n) is 6.46. The van der Waals surface area contributed by atoms with E-state index in [1.807, 2.05) is 0 Å². The Morgan fingerprint density at radius 1 is 1.25 bits per heavy atom. The number of benzene rings is 1. The second kappa shape index (κ2) is 5.44. The zero-order valence-electron chi connectivity index (χ0n) is 11.1. The van der Waals surface area contributed by atoms with Gasteiger partial charge in [0.05, 0.1) is 0 Å². The second-order valence-corrected chi connectivity index (χ2v) is 5.32. The van der Waals surface area contributed by atoms with Crippen LogP contribution in [0.25, 0.3) is 0 Å². The van der Waals surface area contributed by atoms with Crippen LogP contribution in [0.3, 0.4) is 0 Å². The summed E-state index contributed by atoms with van der Waals surface area (Å²) in [5, 5.41) is 9.34. The van der Waals surface area contributed by atoms with Gasteiger partial charge in [0, 0.05) is 18.2 Å². The molecule has 1 aliphatic heterocycles. The Hall–Kier alpha value is -1.56. The van der Waals surface area contributed by atoms with Crippen molar-refractivity contribution in [2.24, 2.45) is 0 Å². The van der Waals surface area contributed by atoms with Crippen molar-refractivity contribution in [1.29, 1.82) is 0 Å². The van der Waals surface area contributed by atoms with Gasteiger partial charge < -0.3 is 5.11 Å². The predicted molar refractivity (Wildman–Crippen MR) is 66.6 cm³/mol. The molecular weight excluding hydrogens is 271 g/mol. The molecule has 6 heteroatoms. The Morgan fingerprint density at radius 2 is 1.90 bits per heavy atom. The molecule has 1 fully saturated rings. The third kappa shape index (κ3) is 2.65. The number of carboxylic acid groups (broad SMARTS) is 1. The first-order valence-corrected chi connectivity index (χ1v) is 6.46. The molecule has 1 aliphatic rings. The highest BCUT2D eigenvalue weighted by molar-refractivity contribution is 5.78. The van der Waals surface area contributed by atoms with Crippen molar-refractivity contribution >= 4 is 5.97 Å². The molecule has 1 heterocycles. The lowest BCUT2D eigenvalue weighted by Gasteiger charge is -2.41. The molecule has 20 heavy (non-hydrogen) atoms. The number of hydrogen-bond acceptors (Lipinski definition) is 2. The molecule has 110 valence electrons. The van der Waals surface area contributed by atoms with E-state index in [-0.39, 0.29) is 12.1 Å². The van der Waals surface area contributed by atoms with E-state index < -0.39 is 29.0 Å². The number of nitrogens with zero attached hydrogens (tertiary/aromatic N) is 1. The summed E-state index contributed by atoms with van der Waals surface area (Å²) in [5.41, 5.74) is -1.13. The lowest BCUT2D eigenvalue weighted by Crippen LogP contribution is -2.54. The molecular formula is C14H16F3NO2. The molecule has 0 aliphatic carbocycles. The number of halogens is 3. The number of carboxylic acids is 1. The molecule has 3 nitrogen and oxygen atoms in total. The molecule has 1 atom stereocenters. The van der Waals surface area contributed by atoms with Crippen LogP contribution < -0.4 is 0 Å². The van der Waals surface area contributed by atoms with Gasteiger partial charge in [0.15, 0.2) is 11.6 Å². The van der Waals surface area contributed by atoms with Crippen molar-refractivity contribution in [2.45, 2.75) is 38.3 Å². The molecule has 0 radical (unpaired) electrons. The van der Waals surface area contributed by atoms with Crippen molar-refractivity contribution in [1.82, 2.24) is 4.90 Å². The number of rotatable bonds is 3. The highest BCUT2D eigenvalue weighted by Gasteiger charge is 2.41. The summed E-state index contributed by atoms with van der Waals surface area (Å²) in [6, 6.07) is 1.29. The average molecular weight is 287 g/mol. The highest BCUT2D eigenvalue weighted by Crippen LogP contribution is 2.30. The number of aliphatic carboxylic acids is 1. The van der Waals surface area contributed by atoms with Crippen LogP contribution in [0.15, 0.2) is 12.1 Å². The summed E-state index contributed by atoms with van der Waals surface area (Å²) in [6.07, 6.45) is 2.03. The minimum Gasteiger partial charge on any atom is -0.480 e. The minimum atomic E-state index is -1.24. The number of carbonyl (C=O) groups is 1. The lowest BCUT2D eigenvalue weighted by molar-refractivity contribution is -0.153. The SMILES string of the molecule is CC1(C(=O)O)CCCCN1Cc1cc(F)c(F)cc1F. The molecule has 0 bridgehead atoms. The summed E-state index contributed by atoms with van der Waals surface area (Å²) in [4.78, 5) is 13.0. The zero-order valence-corrected chi connectivity index (χ0v) is 11.1. The van der Waals surface area contributed by atoms with Gasteiger partial charge in [-0.05, 0) is 38.8 Å². The predicted octanol–water partition coefficient (Wildman–Crippen LogP) is 2.93. The monoisotopic (exact) mass is 287 g/mol. The fraction of sp³-hybridized carbons (Fsp3) is 0.500. The Morgan fingerprint density at radius 3 is 2.55 bits per heavy atom. The third-order valence-corrected chi connectivity index (χ3v) is 3.95. The van der Waals surface area contributed by atoms with Crippen molar-refractivity contribution in [3.63, 3.8) is 0 Å². The molecule has 1 N–H and O–H groups in total. The van der Waals surface area contributed by atoms with Crippen LogP contribution in [-0.2, 0) is 11.3 Å². The van der Waals surface area contributed by atoms with Gasteiger partial charge in [-0.15, -0.1) is 0 Å². The maximum Gasteiger partial charge on any atom is 0.323 e. The molecule has 0 amide bonds. The van der Waals surface area contributed by atoms with Crippen LogP contribution in [0, 0.1) is 17.5 Å². The van der Waals surface area contributed by atoms with Gasteiger partial charge in [0.25, 0.3) is 0 Å². The summed E-state index contributed by atoms with van der Waals surface area (Å²) in [5.74, 6) is -4.22. The molecule has 1 saturated heterocycles. The van der Waals surface area contributed by atoms with E-state index in [2.05, 4.69) is 0 Å². The summed E-state index contributed by atoms with van der Waals surface area (Å²) in [6.45, 7) is 2.01. The van der Waals surface area contributed by atoms with Crippen LogP contribution in [0.4, 0.5) is 13.2 Å². The van der Waals surface area contributed by atoms with Crippen molar-refractivity contribution in [2.75, 3.05) is 6.54 Å². The zero-order chi connectivity index (χ0) is 14.9. The van der Waals surface area contributed by atoms with Crippen LogP contribution in [0.5, 0.6) is 0 Å². The van der Waals surface area contributed by atoms with E-state index in [1.54, 1.807) is 11.8 Å². The summed E-state index contributed by atoms with van der Waals surface area (Å²) >= 11 is 0. The fourth-order valence-corrected chi connectivity index (χ4v) is 2.56. The number of piperidine rings is 1. The maximum atomic E-state index is 13.7. The smallest absolute Gasteiger partial charge is 0.323 e. The Bertz CT molecular complexity index is 535. The van der Waals surface area contributed by atoms with E-state index in [0.717, 1.165) is 18.9 Å². The lowest BCUT2D eigenvalue weighted by atomic mass is 9.88. The largest absolute Gasteiger partial charge is 0.480 e. The molecule has 2 rings (SSSR count). The highest BCUT2D eigenvalue weighted by atomic mass is 19.2. The maximum absolute atomic E-state index is 13.7. The first-order chi connectivity index (χ1) is 9.34. The van der Waals surface area contributed by atoms with E-state index in [4.69, 9.17) is 0 Å². The van der Waals surface area contributed by atoms with Crippen molar-refractivity contribution < 1.29 is 23.1 Å². The normalized spacial score (nSPS) is 23.8. The standard InChI is InChI=1S/C14H16F3NO2/c1-14(13(19)20)4-2-3-5-18(14)8-9-6-11(16)12(17)7-10(9)15/h6-7H,2-5,8H2,1H3,(H,19,20). The fourth-order valence-electron chi connectivity index (χ4n) is 2.56. The molecule has 1 aromatic carbocycles. The topological polar surface area (TPSA) is 40.5 Å². The van der Waals surface area contributed by atoms with Crippen LogP contribution >= 0.6 is 0 Å². The molecule has 0 saturated carbocycles. The van der Waals surface area contributed by atoms with Crippen molar-refractivity contribution in [3.8, 4) is 0 Å². The average Bonchev–Trinajstić information content (AvgIpc) is 2.38. The van der Waals surface area contributed by atoms with E-state index in [9.17, 15) is 23.1 Å². The van der Waals surface area contributed by atoms with Crippen LogP contribution in [0.2, 0.25) is 0 Å². The van der Waals surface area contributed by atoms with Gasteiger partial charge in [-0.3, -0.25) is 9.69 Å². The van der Waals surface area contributed by atoms with Gasteiger partial charge in [-0.2, -0.15) is 0 Å². The van der Waals surface area contributed by atoms with Gasteiger partial charge in [0.1, 0.15) is 11.4 Å². The van der Waals surface area contributed by atoms with E-state index in [0.29, 0.717) is 19.0 Å². The first kappa shape index (κ1) is 14.8. The molecule has 0 aromatic heterocycles. The Kier molecular flexibility index (Phi) is 4.04. The number of hydrogen-bond donors (Lipinski definition) is 1. The van der Waals surface area contributed by atoms with Gasteiger partial charge in [-0.1, -0.05) is 0 Å². The third-order valence-electron chi connectivity index (χ3n) is 3.95. The quantitative estimate of drug-likeness (QED) is 0.869. The van der Waals surface area contributed by atoms with Gasteiger partial charge in [-0.25, -0.2) is 13.2 Å². The Labute approximate surface area is 115 Å². The van der Waals surface area contributed by atoms with Crippen LogP contribution in [-0.4, -0.2) is 28.1 Å². The van der Waals surface area contributed by atoms with Crippen LogP contribution in [0.1, 0.15) is 31.7 Å². The van der Waals surface area contributed by atoms with Gasteiger partial charge in [0.2, 0.25) is 0 Å². The summed E-state index contributed by atoms with van der Waals surface area (Å²) < 4.78 is 39.7. The van der Waals surface area contributed by atoms with Crippen molar-refractivity contribution in [3.05, 3.63) is 35.1 Å².